The zero-order valence-corrected chi connectivity index (χ0v) is 13.9. The summed E-state index contributed by atoms with van der Waals surface area (Å²) in [5.74, 6) is -1.60. The van der Waals surface area contributed by atoms with E-state index >= 15 is 0 Å². The third kappa shape index (κ3) is 13.3. The van der Waals surface area contributed by atoms with Crippen molar-refractivity contribution < 1.29 is 9.59 Å². The van der Waals surface area contributed by atoms with Crippen LogP contribution in [-0.2, 0) is 9.59 Å². The predicted molar refractivity (Wildman–Crippen MR) is 90.8 cm³/mol. The van der Waals surface area contributed by atoms with E-state index in [4.69, 9.17) is 0 Å². The molecule has 126 valence electrons. The second-order valence-corrected chi connectivity index (χ2v) is 5.20. The minimum atomic E-state index is -0.798. The fraction of sp³-hybridized carbons (Fsp3) is 0.750. The molecule has 0 aliphatic heterocycles. The summed E-state index contributed by atoms with van der Waals surface area (Å²) in [5, 5.41) is 7.46. The van der Waals surface area contributed by atoms with Gasteiger partial charge in [-0.25, -0.2) is 10.9 Å². The van der Waals surface area contributed by atoms with E-state index in [-0.39, 0.29) is 0 Å². The first-order valence-corrected chi connectivity index (χ1v) is 8.35. The van der Waals surface area contributed by atoms with Crippen molar-refractivity contribution in [3.63, 3.8) is 0 Å². The number of hydrogen-bond donors (Lipinski definition) is 2. The number of hydrogen-bond acceptors (Lipinski definition) is 4. The molecule has 6 heteroatoms. The molecule has 0 saturated heterocycles. The molecule has 0 aromatic heterocycles. The minimum Gasteiger partial charge on any atom is -0.262 e. The molecule has 0 unspecified atom stereocenters. The lowest BCUT2D eigenvalue weighted by molar-refractivity contribution is -0.139. The van der Waals surface area contributed by atoms with Gasteiger partial charge in [-0.3, -0.25) is 9.59 Å². The molecule has 0 spiro atoms. The first-order valence-electron chi connectivity index (χ1n) is 8.35. The van der Waals surface area contributed by atoms with E-state index < -0.39 is 11.8 Å². The molecule has 2 amide bonds. The van der Waals surface area contributed by atoms with Gasteiger partial charge in [0.25, 0.3) is 0 Å². The van der Waals surface area contributed by atoms with Crippen LogP contribution < -0.4 is 10.9 Å². The lowest BCUT2D eigenvalue weighted by Gasteiger charge is -1.98. The van der Waals surface area contributed by atoms with Gasteiger partial charge in [0.05, 0.1) is 0 Å². The maximum Gasteiger partial charge on any atom is 0.331 e. The van der Waals surface area contributed by atoms with Gasteiger partial charge in [0.15, 0.2) is 0 Å². The largest absolute Gasteiger partial charge is 0.331 e. The smallest absolute Gasteiger partial charge is 0.262 e. The number of amides is 2. The number of carbonyl (C=O) groups is 2. The van der Waals surface area contributed by atoms with Crippen molar-refractivity contribution in [2.45, 2.75) is 78.1 Å². The number of rotatable bonds is 12. The van der Waals surface area contributed by atoms with Gasteiger partial charge in [-0.05, 0) is 25.7 Å². The number of carbonyl (C=O) groups excluding carboxylic acids is 2. The lowest BCUT2D eigenvalue weighted by atomic mass is 10.2. The predicted octanol–water partition coefficient (Wildman–Crippen LogP) is 3.13. The van der Waals surface area contributed by atoms with Crippen molar-refractivity contribution in [3.05, 3.63) is 0 Å². The molecule has 0 rings (SSSR count). The Morgan fingerprint density at radius 1 is 0.727 bits per heavy atom. The number of unbranched alkanes of at least 4 members (excludes halogenated alkanes) is 8. The van der Waals surface area contributed by atoms with Crippen molar-refractivity contribution >= 4 is 24.2 Å². The van der Waals surface area contributed by atoms with Gasteiger partial charge in [0, 0.05) is 12.4 Å². The molecule has 0 fully saturated rings. The van der Waals surface area contributed by atoms with Crippen molar-refractivity contribution in [2.75, 3.05) is 0 Å². The normalized spacial score (nSPS) is 11.2. The first-order chi connectivity index (χ1) is 10.7. The lowest BCUT2D eigenvalue weighted by Crippen LogP contribution is -2.35. The van der Waals surface area contributed by atoms with E-state index in [9.17, 15) is 9.59 Å². The van der Waals surface area contributed by atoms with E-state index in [2.05, 4.69) is 34.9 Å². The highest BCUT2D eigenvalue weighted by molar-refractivity contribution is 6.35. The van der Waals surface area contributed by atoms with Crippen LogP contribution in [0.15, 0.2) is 10.2 Å². The zero-order valence-electron chi connectivity index (χ0n) is 13.9. The topological polar surface area (TPSA) is 82.9 Å². The summed E-state index contributed by atoms with van der Waals surface area (Å²) in [5.41, 5.74) is 4.37. The van der Waals surface area contributed by atoms with Crippen LogP contribution in [0.5, 0.6) is 0 Å². The Kier molecular flexibility index (Phi) is 14.4. The molecule has 0 bridgehead atoms. The van der Waals surface area contributed by atoms with Crippen molar-refractivity contribution in [1.29, 1.82) is 0 Å². The van der Waals surface area contributed by atoms with Crippen LogP contribution in [0.4, 0.5) is 0 Å². The Bertz CT molecular complexity index is 320. The molecule has 0 heterocycles. The number of nitrogens with zero attached hydrogens (tertiary/aromatic N) is 2. The molecule has 22 heavy (non-hydrogen) atoms. The van der Waals surface area contributed by atoms with Gasteiger partial charge in [-0.1, -0.05) is 52.4 Å². The summed E-state index contributed by atoms with van der Waals surface area (Å²) in [6.45, 7) is 4.31. The third-order valence-electron chi connectivity index (χ3n) is 3.09. The van der Waals surface area contributed by atoms with E-state index in [1.54, 1.807) is 12.4 Å². The molecule has 0 aromatic rings. The standard InChI is InChI=1S/C16H30N4O2/c1-3-5-7-9-11-13-17-19-15(21)16(22)20-18-14-12-10-8-6-4-2/h13-14H,3-12H2,1-2H3,(H,19,21)(H,20,22)/b17-13-,18-14+. The van der Waals surface area contributed by atoms with Gasteiger partial charge in [0.1, 0.15) is 0 Å². The molecule has 0 radical (unpaired) electrons. The van der Waals surface area contributed by atoms with Crippen molar-refractivity contribution in [3.8, 4) is 0 Å². The van der Waals surface area contributed by atoms with E-state index in [0.717, 1.165) is 38.5 Å². The Labute approximate surface area is 133 Å². The highest BCUT2D eigenvalue weighted by atomic mass is 16.2. The summed E-state index contributed by atoms with van der Waals surface area (Å²) in [4.78, 5) is 22.7. The summed E-state index contributed by atoms with van der Waals surface area (Å²) >= 11 is 0. The maximum absolute atomic E-state index is 11.4. The Morgan fingerprint density at radius 2 is 1.14 bits per heavy atom. The van der Waals surface area contributed by atoms with Crippen LogP contribution in [0.25, 0.3) is 0 Å². The average molecular weight is 310 g/mol. The van der Waals surface area contributed by atoms with Gasteiger partial charge in [-0.15, -0.1) is 0 Å². The second kappa shape index (κ2) is 15.7. The molecule has 0 aliphatic rings. The van der Waals surface area contributed by atoms with Crippen LogP contribution in [0.3, 0.4) is 0 Å². The fourth-order valence-corrected chi connectivity index (χ4v) is 1.76. The summed E-state index contributed by atoms with van der Waals surface area (Å²) in [6, 6.07) is 0. The Hall–Kier alpha value is -1.72. The fourth-order valence-electron chi connectivity index (χ4n) is 1.76. The SMILES string of the molecule is CCCCCC/C=N\NC(=O)C(=O)N/N=C/CCCCCC. The highest BCUT2D eigenvalue weighted by Crippen LogP contribution is 2.00. The van der Waals surface area contributed by atoms with Gasteiger partial charge >= 0.3 is 11.8 Å². The highest BCUT2D eigenvalue weighted by Gasteiger charge is 2.10. The summed E-state index contributed by atoms with van der Waals surface area (Å²) in [7, 11) is 0. The summed E-state index contributed by atoms with van der Waals surface area (Å²) < 4.78 is 0. The molecule has 2 N–H and O–H groups in total. The molecule has 0 aromatic carbocycles. The third-order valence-corrected chi connectivity index (χ3v) is 3.09. The maximum atomic E-state index is 11.4. The van der Waals surface area contributed by atoms with Gasteiger partial charge in [0.2, 0.25) is 0 Å². The van der Waals surface area contributed by atoms with E-state index in [1.807, 2.05) is 0 Å². The van der Waals surface area contributed by atoms with Crippen LogP contribution in [0.2, 0.25) is 0 Å². The summed E-state index contributed by atoms with van der Waals surface area (Å²) in [6.07, 6.45) is 14.0. The molecule has 0 saturated carbocycles. The van der Waals surface area contributed by atoms with Crippen molar-refractivity contribution in [2.24, 2.45) is 10.2 Å². The van der Waals surface area contributed by atoms with E-state index in [1.165, 1.54) is 25.7 Å². The Balaban J connectivity index is 3.63. The van der Waals surface area contributed by atoms with Gasteiger partial charge in [-0.2, -0.15) is 10.2 Å². The van der Waals surface area contributed by atoms with Crippen LogP contribution >= 0.6 is 0 Å². The Morgan fingerprint density at radius 3 is 1.50 bits per heavy atom. The molecule has 0 aliphatic carbocycles. The van der Waals surface area contributed by atoms with Gasteiger partial charge < -0.3 is 0 Å². The number of hydrazone groups is 2. The quantitative estimate of drug-likeness (QED) is 0.251. The minimum absolute atomic E-state index is 0.798. The first kappa shape index (κ1) is 20.3. The molecule has 6 nitrogen and oxygen atoms in total. The second-order valence-electron chi connectivity index (χ2n) is 5.20. The van der Waals surface area contributed by atoms with Crippen LogP contribution in [-0.4, -0.2) is 24.2 Å². The number of nitrogens with one attached hydrogen (secondary N) is 2. The van der Waals surface area contributed by atoms with Crippen LogP contribution in [0.1, 0.15) is 78.1 Å². The molecular formula is C16H30N4O2. The van der Waals surface area contributed by atoms with Crippen LogP contribution in [0, 0.1) is 0 Å². The van der Waals surface area contributed by atoms with Crippen molar-refractivity contribution in [1.82, 2.24) is 10.9 Å². The monoisotopic (exact) mass is 310 g/mol. The average Bonchev–Trinajstić information content (AvgIpc) is 2.52. The van der Waals surface area contributed by atoms with E-state index in [0.29, 0.717) is 0 Å². The molecular weight excluding hydrogens is 280 g/mol. The molecule has 0 atom stereocenters. The zero-order chi connectivity index (χ0) is 16.5.